The average Bonchev–Trinajstić information content (AvgIpc) is 3.16. The summed E-state index contributed by atoms with van der Waals surface area (Å²) in [7, 11) is 1.78. The molecule has 0 saturated carbocycles. The number of likely N-dealkylation sites (tertiary alicyclic amines) is 1. The quantitative estimate of drug-likeness (QED) is 0.303. The Morgan fingerprint density at radius 2 is 2.00 bits per heavy atom. The van der Waals surface area contributed by atoms with Crippen molar-refractivity contribution in [2.45, 2.75) is 46.3 Å². The van der Waals surface area contributed by atoms with Gasteiger partial charge in [-0.3, -0.25) is 9.89 Å². The Kier molecular flexibility index (Phi) is 9.01. The second-order valence-electron chi connectivity index (χ2n) is 7.60. The minimum Gasteiger partial charge on any atom is -0.379 e. The van der Waals surface area contributed by atoms with E-state index in [4.69, 9.17) is 9.73 Å². The summed E-state index contributed by atoms with van der Waals surface area (Å²) in [4.78, 5) is 9.82. The molecule has 5 nitrogen and oxygen atoms in total. The van der Waals surface area contributed by atoms with Crippen LogP contribution < -0.4 is 5.32 Å². The zero-order valence-electron chi connectivity index (χ0n) is 15.9. The van der Waals surface area contributed by atoms with E-state index in [0.717, 1.165) is 38.7 Å². The molecular formula is C18H35IN4O. The Morgan fingerprint density at radius 3 is 2.54 bits per heavy atom. The number of methoxy groups -OCH3 is 1. The Bertz CT molecular complexity index is 425. The molecule has 2 aliphatic rings. The van der Waals surface area contributed by atoms with Gasteiger partial charge < -0.3 is 15.0 Å². The summed E-state index contributed by atoms with van der Waals surface area (Å²) in [6, 6.07) is 0.648. The highest BCUT2D eigenvalue weighted by Crippen LogP contribution is 2.22. The van der Waals surface area contributed by atoms with Gasteiger partial charge in [-0.2, -0.15) is 0 Å². The van der Waals surface area contributed by atoms with E-state index in [2.05, 4.69) is 55.0 Å². The average molecular weight is 450 g/mol. The van der Waals surface area contributed by atoms with Crippen LogP contribution in [0.2, 0.25) is 0 Å². The zero-order valence-corrected chi connectivity index (χ0v) is 18.2. The van der Waals surface area contributed by atoms with Crippen LogP contribution in [-0.2, 0) is 4.74 Å². The number of rotatable bonds is 5. The molecule has 0 radical (unpaired) electrons. The molecule has 2 rings (SSSR count). The number of hydrogen-bond donors (Lipinski definition) is 1. The minimum absolute atomic E-state index is 0. The molecular weight excluding hydrogens is 415 g/mol. The lowest BCUT2D eigenvalue weighted by Gasteiger charge is -2.29. The third-order valence-corrected chi connectivity index (χ3v) is 4.82. The Morgan fingerprint density at radius 1 is 1.33 bits per heavy atom. The summed E-state index contributed by atoms with van der Waals surface area (Å²) in [6.07, 6.45) is 5.90. The molecule has 1 saturated heterocycles. The third kappa shape index (κ3) is 5.88. The lowest BCUT2D eigenvalue weighted by atomic mass is 9.89. The van der Waals surface area contributed by atoms with Gasteiger partial charge in [0.15, 0.2) is 5.96 Å². The van der Waals surface area contributed by atoms with Crippen molar-refractivity contribution in [2.75, 3.05) is 46.4 Å². The van der Waals surface area contributed by atoms with E-state index < -0.39 is 0 Å². The number of ether oxygens (including phenoxy) is 1. The fraction of sp³-hybridized carbons (Fsp3) is 0.833. The van der Waals surface area contributed by atoms with Gasteiger partial charge in [0.2, 0.25) is 0 Å². The van der Waals surface area contributed by atoms with E-state index in [1.54, 1.807) is 7.11 Å². The first-order valence-electron chi connectivity index (χ1n) is 8.90. The van der Waals surface area contributed by atoms with Crippen molar-refractivity contribution in [1.82, 2.24) is 15.1 Å². The molecule has 0 aromatic heterocycles. The van der Waals surface area contributed by atoms with Crippen LogP contribution in [0.1, 0.15) is 34.1 Å². The molecule has 0 spiro atoms. The Hall–Kier alpha value is -0.340. The number of aliphatic imine (C=N–C) groups is 1. The lowest BCUT2D eigenvalue weighted by Crippen LogP contribution is -2.43. The van der Waals surface area contributed by atoms with Gasteiger partial charge in [0.1, 0.15) is 0 Å². The normalized spacial score (nSPS) is 23.5. The molecule has 0 aromatic carbocycles. The Labute approximate surface area is 164 Å². The topological polar surface area (TPSA) is 40.1 Å². The van der Waals surface area contributed by atoms with Crippen LogP contribution in [0.4, 0.5) is 0 Å². The van der Waals surface area contributed by atoms with E-state index in [0.29, 0.717) is 12.6 Å². The summed E-state index contributed by atoms with van der Waals surface area (Å²) >= 11 is 0. The maximum absolute atomic E-state index is 5.64. The molecule has 140 valence electrons. The van der Waals surface area contributed by atoms with Crippen LogP contribution >= 0.6 is 24.0 Å². The smallest absolute Gasteiger partial charge is 0.194 e. The molecule has 2 heterocycles. The number of nitrogens with one attached hydrogen (secondary N) is 1. The predicted molar refractivity (Wildman–Crippen MR) is 112 cm³/mol. The van der Waals surface area contributed by atoms with Gasteiger partial charge in [-0.25, -0.2) is 0 Å². The monoisotopic (exact) mass is 450 g/mol. The van der Waals surface area contributed by atoms with E-state index >= 15 is 0 Å². The molecule has 0 aliphatic carbocycles. The molecule has 0 amide bonds. The van der Waals surface area contributed by atoms with Crippen molar-refractivity contribution < 1.29 is 4.74 Å². The van der Waals surface area contributed by atoms with Crippen molar-refractivity contribution in [3.05, 3.63) is 12.2 Å². The highest BCUT2D eigenvalue weighted by Gasteiger charge is 2.30. The standard InChI is InChI=1S/C18H34N4O.HI/c1-6-19-17(20-13-16(23-5)18(2,3)4)22-12-9-15(14-22)21-10-7-8-11-21;/h7-8,15-16H,6,9-14H2,1-5H3,(H,19,20);1H. The lowest BCUT2D eigenvalue weighted by molar-refractivity contribution is 0.0240. The Balaban J connectivity index is 0.00000288. The van der Waals surface area contributed by atoms with Crippen molar-refractivity contribution in [3.8, 4) is 0 Å². The molecule has 24 heavy (non-hydrogen) atoms. The number of halogens is 1. The number of nitrogens with zero attached hydrogens (tertiary/aromatic N) is 3. The maximum atomic E-state index is 5.64. The van der Waals surface area contributed by atoms with E-state index in [1.807, 2.05) is 0 Å². The molecule has 2 atom stereocenters. The third-order valence-electron chi connectivity index (χ3n) is 4.82. The molecule has 0 aromatic rings. The molecule has 0 bridgehead atoms. The molecule has 6 heteroatoms. The van der Waals surface area contributed by atoms with Gasteiger partial charge in [0, 0.05) is 45.9 Å². The molecule has 1 N–H and O–H groups in total. The SMILES string of the molecule is CCNC(=NCC(OC)C(C)(C)C)N1CCC(N2CC=CC2)C1.I. The van der Waals surface area contributed by atoms with Gasteiger partial charge in [-0.05, 0) is 18.8 Å². The second-order valence-corrected chi connectivity index (χ2v) is 7.60. The number of guanidine groups is 1. The van der Waals surface area contributed by atoms with Crippen molar-refractivity contribution in [2.24, 2.45) is 10.4 Å². The van der Waals surface area contributed by atoms with Crippen LogP contribution in [0.5, 0.6) is 0 Å². The summed E-state index contributed by atoms with van der Waals surface area (Å²) in [5.41, 5.74) is 0.102. The van der Waals surface area contributed by atoms with Crippen LogP contribution in [0, 0.1) is 5.41 Å². The largest absolute Gasteiger partial charge is 0.379 e. The van der Waals surface area contributed by atoms with Crippen molar-refractivity contribution in [3.63, 3.8) is 0 Å². The van der Waals surface area contributed by atoms with Crippen molar-refractivity contribution >= 4 is 29.9 Å². The van der Waals surface area contributed by atoms with E-state index in [1.165, 1.54) is 6.42 Å². The summed E-state index contributed by atoms with van der Waals surface area (Å²) < 4.78 is 5.64. The maximum Gasteiger partial charge on any atom is 0.194 e. The van der Waals surface area contributed by atoms with Crippen LogP contribution in [0.15, 0.2) is 17.1 Å². The number of hydrogen-bond acceptors (Lipinski definition) is 3. The van der Waals surface area contributed by atoms with Gasteiger partial charge in [0.25, 0.3) is 0 Å². The van der Waals surface area contributed by atoms with Gasteiger partial charge in [-0.15, -0.1) is 24.0 Å². The first-order valence-corrected chi connectivity index (χ1v) is 8.90. The second kappa shape index (κ2) is 9.97. The van der Waals surface area contributed by atoms with Crippen LogP contribution in [0.3, 0.4) is 0 Å². The highest BCUT2D eigenvalue weighted by atomic mass is 127. The van der Waals surface area contributed by atoms with Gasteiger partial charge in [-0.1, -0.05) is 32.9 Å². The first kappa shape index (κ1) is 21.7. The van der Waals surface area contributed by atoms with Gasteiger partial charge in [0.05, 0.1) is 12.6 Å². The summed E-state index contributed by atoms with van der Waals surface area (Å²) in [5, 5.41) is 3.45. The van der Waals surface area contributed by atoms with Gasteiger partial charge >= 0.3 is 0 Å². The minimum atomic E-state index is 0. The molecule has 2 aliphatic heterocycles. The van der Waals surface area contributed by atoms with Crippen LogP contribution in [0.25, 0.3) is 0 Å². The first-order chi connectivity index (χ1) is 11.0. The summed E-state index contributed by atoms with van der Waals surface area (Å²) in [5.74, 6) is 1.04. The zero-order chi connectivity index (χ0) is 16.9. The molecule has 1 fully saturated rings. The van der Waals surface area contributed by atoms with E-state index in [9.17, 15) is 0 Å². The van der Waals surface area contributed by atoms with Crippen LogP contribution in [-0.4, -0.2) is 74.3 Å². The van der Waals surface area contributed by atoms with Crippen molar-refractivity contribution in [1.29, 1.82) is 0 Å². The fourth-order valence-corrected chi connectivity index (χ4v) is 3.32. The summed E-state index contributed by atoms with van der Waals surface area (Å²) in [6.45, 7) is 14.7. The predicted octanol–water partition coefficient (Wildman–Crippen LogP) is 2.58. The fourth-order valence-electron chi connectivity index (χ4n) is 3.32. The molecule has 2 unspecified atom stereocenters. The highest BCUT2D eigenvalue weighted by molar-refractivity contribution is 14.0. The van der Waals surface area contributed by atoms with E-state index in [-0.39, 0.29) is 35.5 Å².